The molecule has 0 aliphatic rings. The standard InChI is InChI=1S/C11H8ClF2NO3S2/c12-8-6-7(3-4-9(8)18-11(13)14)15-20(16,17)10-2-1-5-19-10/h1-6,11,15H. The lowest BCUT2D eigenvalue weighted by atomic mass is 10.3. The average molecular weight is 340 g/mol. The zero-order chi connectivity index (χ0) is 14.8. The predicted molar refractivity (Wildman–Crippen MR) is 73.2 cm³/mol. The lowest BCUT2D eigenvalue weighted by Gasteiger charge is -2.10. The number of hydrogen-bond acceptors (Lipinski definition) is 4. The summed E-state index contributed by atoms with van der Waals surface area (Å²) in [5.74, 6) is -0.222. The summed E-state index contributed by atoms with van der Waals surface area (Å²) in [6.07, 6.45) is 0. The molecule has 0 spiro atoms. The van der Waals surface area contributed by atoms with Gasteiger partial charge in [0.1, 0.15) is 9.96 Å². The maximum Gasteiger partial charge on any atom is 0.387 e. The minimum absolute atomic E-state index is 0.114. The Morgan fingerprint density at radius 2 is 2.05 bits per heavy atom. The van der Waals surface area contributed by atoms with Gasteiger partial charge in [0, 0.05) is 0 Å². The quantitative estimate of drug-likeness (QED) is 0.901. The van der Waals surface area contributed by atoms with Crippen LogP contribution >= 0.6 is 22.9 Å². The van der Waals surface area contributed by atoms with Gasteiger partial charge in [-0.05, 0) is 29.6 Å². The van der Waals surface area contributed by atoms with Gasteiger partial charge in [-0.2, -0.15) is 8.78 Å². The number of ether oxygens (including phenoxy) is 1. The monoisotopic (exact) mass is 339 g/mol. The Hall–Kier alpha value is -1.38. The number of thiophene rings is 1. The van der Waals surface area contributed by atoms with Crippen LogP contribution in [0, 0.1) is 0 Å². The maximum atomic E-state index is 12.1. The van der Waals surface area contributed by atoms with Gasteiger partial charge in [-0.15, -0.1) is 11.3 Å². The minimum Gasteiger partial charge on any atom is -0.433 e. The zero-order valence-electron chi connectivity index (χ0n) is 9.72. The largest absolute Gasteiger partial charge is 0.433 e. The van der Waals surface area contributed by atoms with E-state index in [-0.39, 0.29) is 20.7 Å². The first kappa shape index (κ1) is 15.0. The normalized spacial score (nSPS) is 11.6. The van der Waals surface area contributed by atoms with Gasteiger partial charge >= 0.3 is 6.61 Å². The van der Waals surface area contributed by atoms with E-state index in [0.717, 1.165) is 11.3 Å². The second kappa shape index (κ2) is 5.94. The van der Waals surface area contributed by atoms with Crippen LogP contribution in [-0.2, 0) is 10.0 Å². The highest BCUT2D eigenvalue weighted by Gasteiger charge is 2.16. The Morgan fingerprint density at radius 1 is 1.30 bits per heavy atom. The zero-order valence-corrected chi connectivity index (χ0v) is 12.1. The fraction of sp³-hybridized carbons (Fsp3) is 0.0909. The first-order chi connectivity index (χ1) is 9.38. The Morgan fingerprint density at radius 3 is 2.60 bits per heavy atom. The molecule has 0 saturated carbocycles. The van der Waals surface area contributed by atoms with Crippen molar-refractivity contribution in [1.29, 1.82) is 0 Å². The molecule has 1 N–H and O–H groups in total. The van der Waals surface area contributed by atoms with Gasteiger partial charge in [0.25, 0.3) is 10.0 Å². The van der Waals surface area contributed by atoms with Gasteiger partial charge in [-0.25, -0.2) is 8.42 Å². The molecule has 0 atom stereocenters. The fourth-order valence-corrected chi connectivity index (χ4v) is 3.65. The Balaban J connectivity index is 2.21. The highest BCUT2D eigenvalue weighted by molar-refractivity contribution is 7.94. The smallest absolute Gasteiger partial charge is 0.387 e. The summed E-state index contributed by atoms with van der Waals surface area (Å²) in [6, 6.07) is 6.70. The number of rotatable bonds is 5. The molecular weight excluding hydrogens is 332 g/mol. The van der Waals surface area contributed by atoms with E-state index in [2.05, 4.69) is 9.46 Å². The molecule has 108 valence electrons. The van der Waals surface area contributed by atoms with Crippen molar-refractivity contribution in [3.63, 3.8) is 0 Å². The third-order valence-electron chi connectivity index (χ3n) is 2.16. The van der Waals surface area contributed by atoms with Gasteiger partial charge in [-0.3, -0.25) is 4.72 Å². The first-order valence-electron chi connectivity index (χ1n) is 5.19. The molecule has 20 heavy (non-hydrogen) atoms. The van der Waals surface area contributed by atoms with E-state index < -0.39 is 16.6 Å². The Bertz CT molecular complexity index is 690. The van der Waals surface area contributed by atoms with Crippen LogP contribution in [0.15, 0.2) is 39.9 Å². The van der Waals surface area contributed by atoms with Crippen LogP contribution in [-0.4, -0.2) is 15.0 Å². The van der Waals surface area contributed by atoms with Gasteiger partial charge in [0.05, 0.1) is 10.7 Å². The van der Waals surface area contributed by atoms with E-state index in [0.29, 0.717) is 0 Å². The van der Waals surface area contributed by atoms with E-state index in [1.54, 1.807) is 11.4 Å². The molecule has 0 bridgehead atoms. The van der Waals surface area contributed by atoms with E-state index in [1.807, 2.05) is 0 Å². The molecule has 4 nitrogen and oxygen atoms in total. The summed E-state index contributed by atoms with van der Waals surface area (Å²) >= 11 is 6.79. The van der Waals surface area contributed by atoms with Crippen molar-refractivity contribution in [2.75, 3.05) is 4.72 Å². The molecule has 1 aromatic carbocycles. The van der Waals surface area contributed by atoms with Crippen molar-refractivity contribution in [3.05, 3.63) is 40.7 Å². The number of halogens is 3. The molecule has 0 fully saturated rings. The lowest BCUT2D eigenvalue weighted by Crippen LogP contribution is -2.11. The molecule has 0 saturated heterocycles. The SMILES string of the molecule is O=S(=O)(Nc1ccc(OC(F)F)c(Cl)c1)c1cccs1. The maximum absolute atomic E-state index is 12.1. The summed E-state index contributed by atoms with van der Waals surface area (Å²) < 4.78 is 54.6. The van der Waals surface area contributed by atoms with E-state index in [4.69, 9.17) is 11.6 Å². The first-order valence-corrected chi connectivity index (χ1v) is 7.93. The highest BCUT2D eigenvalue weighted by Crippen LogP contribution is 2.30. The fourth-order valence-electron chi connectivity index (χ4n) is 1.38. The van der Waals surface area contributed by atoms with E-state index in [1.165, 1.54) is 24.3 Å². The average Bonchev–Trinajstić information content (AvgIpc) is 2.86. The molecular formula is C11H8ClF2NO3S2. The van der Waals surface area contributed by atoms with Crippen molar-refractivity contribution in [2.45, 2.75) is 10.8 Å². The lowest BCUT2D eigenvalue weighted by molar-refractivity contribution is -0.0497. The minimum atomic E-state index is -3.70. The van der Waals surface area contributed by atoms with Crippen LogP contribution in [0.4, 0.5) is 14.5 Å². The van der Waals surface area contributed by atoms with E-state index >= 15 is 0 Å². The van der Waals surface area contributed by atoms with Crippen molar-refractivity contribution < 1.29 is 21.9 Å². The second-order valence-electron chi connectivity index (χ2n) is 3.56. The van der Waals surface area contributed by atoms with Crippen molar-refractivity contribution >= 4 is 38.6 Å². The number of hydrogen-bond donors (Lipinski definition) is 1. The van der Waals surface area contributed by atoms with Gasteiger partial charge in [-0.1, -0.05) is 17.7 Å². The molecule has 2 rings (SSSR count). The van der Waals surface area contributed by atoms with Crippen LogP contribution in [0.25, 0.3) is 0 Å². The van der Waals surface area contributed by atoms with Gasteiger partial charge in [0.15, 0.2) is 0 Å². The molecule has 0 radical (unpaired) electrons. The topological polar surface area (TPSA) is 55.4 Å². The number of alkyl halides is 2. The van der Waals surface area contributed by atoms with Crippen molar-refractivity contribution in [1.82, 2.24) is 0 Å². The number of benzene rings is 1. The van der Waals surface area contributed by atoms with Crippen LogP contribution < -0.4 is 9.46 Å². The third kappa shape index (κ3) is 3.59. The third-order valence-corrected chi connectivity index (χ3v) is 5.23. The highest BCUT2D eigenvalue weighted by atomic mass is 35.5. The second-order valence-corrected chi connectivity index (χ2v) is 6.83. The molecule has 0 aliphatic carbocycles. The van der Waals surface area contributed by atoms with Gasteiger partial charge < -0.3 is 4.74 Å². The van der Waals surface area contributed by atoms with Crippen LogP contribution in [0.1, 0.15) is 0 Å². The van der Waals surface area contributed by atoms with Crippen LogP contribution in [0.2, 0.25) is 5.02 Å². The van der Waals surface area contributed by atoms with Gasteiger partial charge in [0.2, 0.25) is 0 Å². The molecule has 9 heteroatoms. The summed E-state index contributed by atoms with van der Waals surface area (Å²) in [6.45, 7) is -3.00. The molecule has 0 unspecified atom stereocenters. The molecule has 0 amide bonds. The van der Waals surface area contributed by atoms with E-state index in [9.17, 15) is 17.2 Å². The Labute approximate surface area is 123 Å². The summed E-state index contributed by atoms with van der Waals surface area (Å²) in [4.78, 5) is 0. The number of anilines is 1. The number of nitrogens with one attached hydrogen (secondary N) is 1. The predicted octanol–water partition coefficient (Wildman–Crippen LogP) is 3.80. The molecule has 0 aliphatic heterocycles. The number of sulfonamides is 1. The summed E-state index contributed by atoms with van der Waals surface area (Å²) in [5.41, 5.74) is 0.157. The van der Waals surface area contributed by atoms with Crippen molar-refractivity contribution in [2.24, 2.45) is 0 Å². The molecule has 1 aromatic heterocycles. The molecule has 1 heterocycles. The summed E-state index contributed by atoms with van der Waals surface area (Å²) in [5, 5.41) is 1.51. The molecule has 2 aromatic rings. The van der Waals surface area contributed by atoms with Crippen LogP contribution in [0.3, 0.4) is 0 Å². The summed E-state index contributed by atoms with van der Waals surface area (Å²) in [7, 11) is -3.70. The Kier molecular flexibility index (Phi) is 4.46. The van der Waals surface area contributed by atoms with Crippen molar-refractivity contribution in [3.8, 4) is 5.75 Å². The van der Waals surface area contributed by atoms with Crippen LogP contribution in [0.5, 0.6) is 5.75 Å².